The molecular weight excluding hydrogens is 296 g/mol. The number of aromatic nitrogens is 2. The van der Waals surface area contributed by atoms with E-state index in [4.69, 9.17) is 4.74 Å². The summed E-state index contributed by atoms with van der Waals surface area (Å²) in [7, 11) is 1.87. The van der Waals surface area contributed by atoms with E-state index in [9.17, 15) is 9.59 Å². The molecule has 2 N–H and O–H groups in total. The molecule has 2 atom stereocenters. The van der Waals surface area contributed by atoms with Crippen LogP contribution < -0.4 is 10.6 Å². The van der Waals surface area contributed by atoms with E-state index < -0.39 is 17.7 Å². The second kappa shape index (κ2) is 7.02. The monoisotopic (exact) mass is 324 g/mol. The van der Waals surface area contributed by atoms with Crippen molar-refractivity contribution in [3.05, 3.63) is 17.0 Å². The van der Waals surface area contributed by atoms with Crippen molar-refractivity contribution >= 4 is 12.0 Å². The first-order valence-corrected chi connectivity index (χ1v) is 7.72. The van der Waals surface area contributed by atoms with Gasteiger partial charge < -0.3 is 15.4 Å². The highest BCUT2D eigenvalue weighted by Crippen LogP contribution is 2.20. The molecule has 23 heavy (non-hydrogen) atoms. The van der Waals surface area contributed by atoms with Crippen molar-refractivity contribution in [1.29, 1.82) is 0 Å². The van der Waals surface area contributed by atoms with Gasteiger partial charge in [0.1, 0.15) is 11.6 Å². The Labute approximate surface area is 137 Å². The van der Waals surface area contributed by atoms with Crippen molar-refractivity contribution in [2.45, 2.75) is 66.2 Å². The number of carbonyl (C=O) groups is 2. The Morgan fingerprint density at radius 1 is 1.17 bits per heavy atom. The number of rotatable bonds is 4. The van der Waals surface area contributed by atoms with E-state index in [-0.39, 0.29) is 11.9 Å². The Kier molecular flexibility index (Phi) is 5.80. The summed E-state index contributed by atoms with van der Waals surface area (Å²) in [6.45, 7) is 12.7. The van der Waals surface area contributed by atoms with Gasteiger partial charge in [0.2, 0.25) is 5.91 Å². The van der Waals surface area contributed by atoms with Gasteiger partial charge in [0.05, 0.1) is 11.7 Å². The molecule has 0 saturated heterocycles. The van der Waals surface area contributed by atoms with Gasteiger partial charge in [-0.25, -0.2) is 4.79 Å². The standard InChI is InChI=1S/C16H28N4O3/c1-9(13-10(2)19-20(8)12(13)4)17-14(21)11(3)18-15(22)23-16(5,6)7/h9,11H,1-8H3,(H,17,21)(H,18,22)/t9?,11-/m1/s1. The number of nitrogens with one attached hydrogen (secondary N) is 2. The van der Waals surface area contributed by atoms with Crippen molar-refractivity contribution in [3.63, 3.8) is 0 Å². The number of amides is 2. The molecule has 0 spiro atoms. The Balaban J connectivity index is 2.66. The average molecular weight is 324 g/mol. The summed E-state index contributed by atoms with van der Waals surface area (Å²) < 4.78 is 6.93. The lowest BCUT2D eigenvalue weighted by Gasteiger charge is -2.23. The largest absolute Gasteiger partial charge is 0.444 e. The molecule has 0 aliphatic heterocycles. The Bertz CT molecular complexity index is 587. The maximum atomic E-state index is 12.2. The van der Waals surface area contributed by atoms with Crippen LogP contribution in [0.2, 0.25) is 0 Å². The summed E-state index contributed by atoms with van der Waals surface area (Å²) in [5.41, 5.74) is 2.27. The molecule has 1 unspecified atom stereocenters. The minimum absolute atomic E-state index is 0.195. The second-order valence-electron chi connectivity index (χ2n) is 6.81. The van der Waals surface area contributed by atoms with E-state index in [1.807, 2.05) is 27.8 Å². The van der Waals surface area contributed by atoms with Crippen LogP contribution in [0.25, 0.3) is 0 Å². The summed E-state index contributed by atoms with van der Waals surface area (Å²) in [5, 5.41) is 9.78. The first-order chi connectivity index (χ1) is 10.4. The molecule has 0 aromatic carbocycles. The van der Waals surface area contributed by atoms with Gasteiger partial charge >= 0.3 is 6.09 Å². The molecule has 0 fully saturated rings. The third kappa shape index (κ3) is 5.26. The molecule has 1 aromatic heterocycles. The van der Waals surface area contributed by atoms with Gasteiger partial charge in [-0.3, -0.25) is 9.48 Å². The van der Waals surface area contributed by atoms with E-state index in [0.29, 0.717) is 0 Å². The fourth-order valence-corrected chi connectivity index (χ4v) is 2.38. The van der Waals surface area contributed by atoms with Crippen molar-refractivity contribution in [1.82, 2.24) is 20.4 Å². The summed E-state index contributed by atoms with van der Waals surface area (Å²) in [6, 6.07) is -0.885. The smallest absolute Gasteiger partial charge is 0.408 e. The topological polar surface area (TPSA) is 85.3 Å². The molecule has 1 aromatic rings. The van der Waals surface area contributed by atoms with Gasteiger partial charge in [-0.05, 0) is 48.5 Å². The van der Waals surface area contributed by atoms with Crippen LogP contribution >= 0.6 is 0 Å². The van der Waals surface area contributed by atoms with E-state index in [2.05, 4.69) is 15.7 Å². The Hall–Kier alpha value is -2.05. The van der Waals surface area contributed by atoms with Gasteiger partial charge in [0, 0.05) is 18.3 Å². The van der Waals surface area contributed by atoms with E-state index in [0.717, 1.165) is 17.0 Å². The van der Waals surface area contributed by atoms with E-state index >= 15 is 0 Å². The van der Waals surface area contributed by atoms with Crippen LogP contribution in [0.15, 0.2) is 0 Å². The number of carbonyl (C=O) groups excluding carboxylic acids is 2. The summed E-state index contributed by atoms with van der Waals surface area (Å²) in [6.07, 6.45) is -0.610. The number of ether oxygens (including phenoxy) is 1. The number of hydrogen-bond acceptors (Lipinski definition) is 4. The van der Waals surface area contributed by atoms with E-state index in [1.165, 1.54) is 0 Å². The molecule has 0 aliphatic carbocycles. The van der Waals surface area contributed by atoms with Crippen molar-refractivity contribution in [2.75, 3.05) is 0 Å². The fraction of sp³-hybridized carbons (Fsp3) is 0.688. The van der Waals surface area contributed by atoms with Crippen LogP contribution in [0.1, 0.15) is 57.6 Å². The summed E-state index contributed by atoms with van der Waals surface area (Å²) in [5.74, 6) is -0.272. The van der Waals surface area contributed by atoms with Crippen LogP contribution in [0.5, 0.6) is 0 Å². The zero-order valence-corrected chi connectivity index (χ0v) is 15.3. The lowest BCUT2D eigenvalue weighted by molar-refractivity contribution is -0.123. The van der Waals surface area contributed by atoms with Crippen LogP contribution in [0, 0.1) is 13.8 Å². The molecule has 2 amide bonds. The number of nitrogens with zero attached hydrogens (tertiary/aromatic N) is 2. The lowest BCUT2D eigenvalue weighted by Crippen LogP contribution is -2.47. The highest BCUT2D eigenvalue weighted by molar-refractivity contribution is 5.85. The molecule has 0 radical (unpaired) electrons. The van der Waals surface area contributed by atoms with Gasteiger partial charge in [0.25, 0.3) is 0 Å². The van der Waals surface area contributed by atoms with Crippen molar-refractivity contribution in [2.24, 2.45) is 7.05 Å². The first-order valence-electron chi connectivity index (χ1n) is 7.72. The molecular formula is C16H28N4O3. The molecule has 0 aliphatic rings. The van der Waals surface area contributed by atoms with Crippen molar-refractivity contribution in [3.8, 4) is 0 Å². The second-order valence-corrected chi connectivity index (χ2v) is 6.81. The maximum Gasteiger partial charge on any atom is 0.408 e. The summed E-state index contributed by atoms with van der Waals surface area (Å²) in [4.78, 5) is 24.0. The van der Waals surface area contributed by atoms with Crippen LogP contribution in [-0.4, -0.2) is 33.4 Å². The molecule has 130 valence electrons. The number of aryl methyl sites for hydroxylation is 2. The minimum atomic E-state index is -0.690. The predicted octanol–water partition coefficient (Wildman–Crippen LogP) is 2.13. The molecule has 7 heteroatoms. The lowest BCUT2D eigenvalue weighted by atomic mass is 10.1. The Morgan fingerprint density at radius 3 is 2.17 bits per heavy atom. The van der Waals surface area contributed by atoms with Gasteiger partial charge in [-0.1, -0.05) is 0 Å². The van der Waals surface area contributed by atoms with Crippen LogP contribution in [0.3, 0.4) is 0 Å². The third-order valence-corrected chi connectivity index (χ3v) is 3.48. The summed E-state index contributed by atoms with van der Waals surface area (Å²) >= 11 is 0. The van der Waals surface area contributed by atoms with Gasteiger partial charge in [0.15, 0.2) is 0 Å². The number of alkyl carbamates (subject to hydrolysis) is 1. The van der Waals surface area contributed by atoms with Crippen molar-refractivity contribution < 1.29 is 14.3 Å². The van der Waals surface area contributed by atoms with E-state index in [1.54, 1.807) is 32.4 Å². The molecule has 1 rings (SSSR count). The fourth-order valence-electron chi connectivity index (χ4n) is 2.38. The first kappa shape index (κ1) is 19.0. The quantitative estimate of drug-likeness (QED) is 0.888. The minimum Gasteiger partial charge on any atom is -0.444 e. The van der Waals surface area contributed by atoms with Gasteiger partial charge in [-0.2, -0.15) is 5.10 Å². The number of hydrogen-bond donors (Lipinski definition) is 2. The van der Waals surface area contributed by atoms with Crippen LogP contribution in [0.4, 0.5) is 4.79 Å². The third-order valence-electron chi connectivity index (χ3n) is 3.48. The van der Waals surface area contributed by atoms with Gasteiger partial charge in [-0.15, -0.1) is 0 Å². The van der Waals surface area contributed by atoms with Crippen LogP contribution in [-0.2, 0) is 16.6 Å². The molecule has 7 nitrogen and oxygen atoms in total. The zero-order chi connectivity index (χ0) is 17.9. The normalized spacial score (nSPS) is 14.1. The predicted molar refractivity (Wildman–Crippen MR) is 88.1 cm³/mol. The SMILES string of the molecule is Cc1nn(C)c(C)c1C(C)NC(=O)[C@@H](C)NC(=O)OC(C)(C)C. The average Bonchev–Trinajstić information content (AvgIpc) is 2.60. The molecule has 0 bridgehead atoms. The highest BCUT2D eigenvalue weighted by Gasteiger charge is 2.24. The molecule has 0 saturated carbocycles. The molecule has 1 heterocycles. The zero-order valence-electron chi connectivity index (χ0n) is 15.3. The Morgan fingerprint density at radius 2 is 1.74 bits per heavy atom. The maximum absolute atomic E-state index is 12.2. The highest BCUT2D eigenvalue weighted by atomic mass is 16.6.